The van der Waals surface area contributed by atoms with Crippen molar-refractivity contribution in [2.75, 3.05) is 9.80 Å². The molecule has 0 saturated carbocycles. The predicted molar refractivity (Wildman–Crippen MR) is 307 cm³/mol. The molecule has 71 heavy (non-hydrogen) atoms. The highest BCUT2D eigenvalue weighted by Crippen LogP contribution is 2.53. The number of hydrogen-bond donors (Lipinski definition) is 0. The number of anilines is 6. The minimum Gasteiger partial charge on any atom is -0.311 e. The number of benzene rings is 11. The lowest BCUT2D eigenvalue weighted by Gasteiger charge is -2.47. The van der Waals surface area contributed by atoms with Crippen molar-refractivity contribution in [2.24, 2.45) is 0 Å². The summed E-state index contributed by atoms with van der Waals surface area (Å²) in [5.41, 5.74) is 21.9. The molecule has 2 nitrogen and oxygen atoms in total. The molecule has 342 valence electrons. The molecule has 0 spiro atoms. The second kappa shape index (κ2) is 15.6. The van der Waals surface area contributed by atoms with Gasteiger partial charge in [-0.2, -0.15) is 0 Å². The van der Waals surface area contributed by atoms with Gasteiger partial charge in [0.1, 0.15) is 0 Å². The van der Waals surface area contributed by atoms with E-state index in [0.717, 1.165) is 25.7 Å². The van der Waals surface area contributed by atoms with Gasteiger partial charge in [0.2, 0.25) is 0 Å². The molecule has 2 heterocycles. The fraction of sp³-hybridized carbons (Fsp3) is 0.206. The molecule has 0 bridgehead atoms. The van der Waals surface area contributed by atoms with Crippen molar-refractivity contribution in [1.29, 1.82) is 0 Å². The Morgan fingerprint density at radius 2 is 0.634 bits per heavy atom. The van der Waals surface area contributed by atoms with Gasteiger partial charge in [0, 0.05) is 33.5 Å². The van der Waals surface area contributed by atoms with Gasteiger partial charge in [-0.05, 0) is 191 Å². The van der Waals surface area contributed by atoms with Crippen molar-refractivity contribution in [3.63, 3.8) is 0 Å². The minimum absolute atomic E-state index is 0.0632. The maximum atomic E-state index is 2.79. The minimum atomic E-state index is 0.0632. The number of fused-ring (bicyclic) bond motifs is 20. The van der Waals surface area contributed by atoms with Gasteiger partial charge < -0.3 is 9.80 Å². The maximum absolute atomic E-state index is 2.79. The zero-order chi connectivity index (χ0) is 47.2. The van der Waals surface area contributed by atoms with Gasteiger partial charge in [-0.3, -0.25) is 0 Å². The lowest BCUT2D eigenvalue weighted by molar-refractivity contribution is 0.671. The Balaban J connectivity index is 1.13. The summed E-state index contributed by atoms with van der Waals surface area (Å²) in [4.78, 5) is 5.58. The van der Waals surface area contributed by atoms with Crippen LogP contribution in [0.15, 0.2) is 164 Å². The first-order valence-corrected chi connectivity index (χ1v) is 26.7. The molecule has 15 rings (SSSR count). The van der Waals surface area contributed by atoms with Crippen molar-refractivity contribution in [1.82, 2.24) is 0 Å². The highest BCUT2D eigenvalue weighted by molar-refractivity contribution is 7.00. The topological polar surface area (TPSA) is 6.48 Å². The highest BCUT2D eigenvalue weighted by atomic mass is 15.2. The van der Waals surface area contributed by atoms with Crippen LogP contribution in [0.2, 0.25) is 0 Å². The molecular weight excluding hydrogens is 856 g/mol. The summed E-state index contributed by atoms with van der Waals surface area (Å²) in [6.07, 6.45) is 9.41. The van der Waals surface area contributed by atoms with Gasteiger partial charge in [0.05, 0.1) is 11.4 Å². The summed E-state index contributed by atoms with van der Waals surface area (Å²) in [6, 6.07) is 63.7. The molecule has 4 aliphatic rings. The van der Waals surface area contributed by atoms with Crippen LogP contribution in [0.25, 0.3) is 64.6 Å². The van der Waals surface area contributed by atoms with Crippen LogP contribution in [0.3, 0.4) is 0 Å². The maximum Gasteiger partial charge on any atom is 0.252 e. The smallest absolute Gasteiger partial charge is 0.252 e. The number of nitrogens with zero attached hydrogens (tertiary/aromatic N) is 2. The zero-order valence-electron chi connectivity index (χ0n) is 41.4. The van der Waals surface area contributed by atoms with E-state index in [4.69, 9.17) is 0 Å². The fourth-order valence-electron chi connectivity index (χ4n) is 14.7. The second-order valence-electron chi connectivity index (χ2n) is 21.8. The lowest BCUT2D eigenvalue weighted by Crippen LogP contribution is -2.62. The molecule has 2 aliphatic heterocycles. The first-order chi connectivity index (χ1) is 35.0. The summed E-state index contributed by atoms with van der Waals surface area (Å²) in [5, 5.41) is 15.8. The third-order valence-electron chi connectivity index (χ3n) is 17.5. The van der Waals surface area contributed by atoms with Crippen LogP contribution >= 0.6 is 0 Å². The number of rotatable bonds is 4. The quantitative estimate of drug-likeness (QED) is 0.128. The molecule has 0 unspecified atom stereocenters. The van der Waals surface area contributed by atoms with Crippen molar-refractivity contribution in [3.8, 4) is 0 Å². The molecule has 0 radical (unpaired) electrons. The van der Waals surface area contributed by atoms with E-state index in [1.54, 1.807) is 33.4 Å². The van der Waals surface area contributed by atoms with E-state index in [9.17, 15) is 0 Å². The molecular formula is C68H57BN2. The average Bonchev–Trinajstić information content (AvgIpc) is 3.42. The molecule has 3 heteroatoms. The van der Waals surface area contributed by atoms with Crippen molar-refractivity contribution in [2.45, 2.75) is 90.9 Å². The van der Waals surface area contributed by atoms with Gasteiger partial charge in [-0.25, -0.2) is 0 Å². The Morgan fingerprint density at radius 1 is 0.338 bits per heavy atom. The normalized spacial score (nSPS) is 15.0. The molecule has 0 N–H and O–H groups in total. The van der Waals surface area contributed by atoms with E-state index in [1.165, 1.54) is 141 Å². The van der Waals surface area contributed by atoms with Crippen LogP contribution in [0.5, 0.6) is 0 Å². The lowest BCUT2D eigenvalue weighted by atomic mass is 9.32. The summed E-state index contributed by atoms with van der Waals surface area (Å²) in [6.45, 7) is 9.83. The molecule has 11 aromatic rings. The number of hydrogen-bond acceptors (Lipinski definition) is 2. The van der Waals surface area contributed by atoms with Gasteiger partial charge in [-0.1, -0.05) is 167 Å². The predicted octanol–water partition coefficient (Wildman–Crippen LogP) is 16.7. The Labute approximate surface area is 417 Å². The third-order valence-corrected chi connectivity index (χ3v) is 17.5. The van der Waals surface area contributed by atoms with Gasteiger partial charge in [0.25, 0.3) is 6.71 Å². The SMILES string of the molecule is CC(C)c1cc2c(c3c1CCCC3)N(c1cccc3c4ccccc4c4ccccc4c13)c1cccc3c1B2c1cc(C(C)C)c2c(c1N3c1cccc3c4ccccc4c4ccccc4c13)CCCC2. The summed E-state index contributed by atoms with van der Waals surface area (Å²) >= 11 is 0. The van der Waals surface area contributed by atoms with E-state index in [1.807, 2.05) is 0 Å². The van der Waals surface area contributed by atoms with Crippen LogP contribution < -0.4 is 26.2 Å². The van der Waals surface area contributed by atoms with Gasteiger partial charge in [-0.15, -0.1) is 0 Å². The molecule has 0 atom stereocenters. The van der Waals surface area contributed by atoms with Crippen molar-refractivity contribution < 1.29 is 0 Å². The first kappa shape index (κ1) is 41.4. The molecule has 2 aliphatic carbocycles. The fourth-order valence-corrected chi connectivity index (χ4v) is 14.7. The molecule has 11 aromatic carbocycles. The summed E-state index contributed by atoms with van der Waals surface area (Å²) in [5.74, 6) is 0.830. The van der Waals surface area contributed by atoms with E-state index in [0.29, 0.717) is 11.8 Å². The van der Waals surface area contributed by atoms with E-state index < -0.39 is 0 Å². The summed E-state index contributed by atoms with van der Waals surface area (Å²) in [7, 11) is 0. The van der Waals surface area contributed by atoms with Gasteiger partial charge >= 0.3 is 0 Å². The van der Waals surface area contributed by atoms with Crippen LogP contribution in [-0.2, 0) is 25.7 Å². The first-order valence-electron chi connectivity index (χ1n) is 26.7. The van der Waals surface area contributed by atoms with Gasteiger partial charge in [0.15, 0.2) is 0 Å². The Hall–Kier alpha value is -7.36. The summed E-state index contributed by atoms with van der Waals surface area (Å²) < 4.78 is 0. The van der Waals surface area contributed by atoms with E-state index in [-0.39, 0.29) is 6.71 Å². The average molecular weight is 913 g/mol. The van der Waals surface area contributed by atoms with Crippen LogP contribution in [0.4, 0.5) is 34.1 Å². The molecule has 0 fully saturated rings. The zero-order valence-corrected chi connectivity index (χ0v) is 41.4. The van der Waals surface area contributed by atoms with Crippen molar-refractivity contribution >= 4 is 122 Å². The Kier molecular flexibility index (Phi) is 9.09. The van der Waals surface area contributed by atoms with Crippen LogP contribution in [0.1, 0.15) is 98.6 Å². The molecule has 0 aromatic heterocycles. The van der Waals surface area contributed by atoms with Crippen LogP contribution in [-0.4, -0.2) is 6.71 Å². The Bertz CT molecular complexity index is 3750. The second-order valence-corrected chi connectivity index (χ2v) is 21.8. The standard InChI is InChI=1S/C68H57BN2/c1-40(2)56-38-58-67(54-30-15-11-26-48(54)56)70(60-34-17-32-52-46-22-7-5-20-42(46)44-24-9-13-28-50(44)64(52)60)62-36-19-37-63-66(62)69(58)59-39-57(41(3)4)49-27-12-16-31-55(49)68(59)71(63)61-35-18-33-53-47-23-8-6-21-43(47)45-25-10-14-29-51(45)65(53)61/h5-10,13-14,17-25,28-29,32-41H,11-12,15-16,26-27,30-31H2,1-4H3. The monoisotopic (exact) mass is 912 g/mol. The van der Waals surface area contributed by atoms with E-state index in [2.05, 4.69) is 201 Å². The van der Waals surface area contributed by atoms with Crippen LogP contribution in [0, 0.1) is 0 Å². The van der Waals surface area contributed by atoms with Crippen molar-refractivity contribution in [3.05, 3.63) is 197 Å². The molecule has 0 amide bonds. The third kappa shape index (κ3) is 5.72. The molecule has 0 saturated heterocycles. The van der Waals surface area contributed by atoms with E-state index >= 15 is 0 Å². The largest absolute Gasteiger partial charge is 0.311 e. The Morgan fingerprint density at radius 3 is 1.00 bits per heavy atom. The highest BCUT2D eigenvalue weighted by Gasteiger charge is 2.47.